The van der Waals surface area contributed by atoms with Crippen molar-refractivity contribution >= 4 is 23.1 Å². The summed E-state index contributed by atoms with van der Waals surface area (Å²) in [6, 6.07) is 11.8. The van der Waals surface area contributed by atoms with E-state index < -0.39 is 16.8 Å². The summed E-state index contributed by atoms with van der Waals surface area (Å²) < 4.78 is 0. The number of carbonyl (C=O) groups is 1. The third kappa shape index (κ3) is 2.84. The molecule has 0 aliphatic rings. The molecule has 2 aromatic rings. The molecule has 1 atom stereocenters. The summed E-state index contributed by atoms with van der Waals surface area (Å²) in [7, 11) is 0. The van der Waals surface area contributed by atoms with Crippen LogP contribution in [-0.4, -0.2) is 15.8 Å². The average molecular weight is 292 g/mol. The molecular formula is C14H10ClNO4. The first kappa shape index (κ1) is 14.2. The Balaban J connectivity index is 2.38. The summed E-state index contributed by atoms with van der Waals surface area (Å²) in [6.45, 7) is 0. The summed E-state index contributed by atoms with van der Waals surface area (Å²) in [6.07, 6.45) is -1.41. The van der Waals surface area contributed by atoms with E-state index in [0.29, 0.717) is 5.56 Å². The number of benzene rings is 2. The fourth-order valence-electron chi connectivity index (χ4n) is 1.75. The summed E-state index contributed by atoms with van der Waals surface area (Å²) >= 11 is 5.87. The Hall–Kier alpha value is -2.24. The fraction of sp³-hybridized carbons (Fsp3) is 0.0714. The van der Waals surface area contributed by atoms with Gasteiger partial charge in [-0.3, -0.25) is 14.9 Å². The van der Waals surface area contributed by atoms with Crippen molar-refractivity contribution in [3.8, 4) is 0 Å². The topological polar surface area (TPSA) is 80.4 Å². The molecule has 0 aromatic heterocycles. The lowest BCUT2D eigenvalue weighted by atomic mass is 9.99. The molecule has 1 N–H and O–H groups in total. The Morgan fingerprint density at radius 2 is 1.85 bits per heavy atom. The van der Waals surface area contributed by atoms with Crippen LogP contribution >= 0.6 is 11.6 Å². The zero-order chi connectivity index (χ0) is 14.7. The lowest BCUT2D eigenvalue weighted by Gasteiger charge is -2.10. The van der Waals surface area contributed by atoms with Gasteiger partial charge in [-0.25, -0.2) is 0 Å². The Morgan fingerprint density at radius 3 is 2.45 bits per heavy atom. The van der Waals surface area contributed by atoms with Crippen LogP contribution in [0.4, 0.5) is 5.69 Å². The van der Waals surface area contributed by atoms with Gasteiger partial charge in [0, 0.05) is 17.7 Å². The zero-order valence-electron chi connectivity index (χ0n) is 10.2. The number of non-ortho nitro benzene ring substituents is 1. The number of ketones is 1. The average Bonchev–Trinajstić information content (AvgIpc) is 2.47. The van der Waals surface area contributed by atoms with Gasteiger partial charge in [-0.1, -0.05) is 41.9 Å². The van der Waals surface area contributed by atoms with Crippen LogP contribution < -0.4 is 0 Å². The van der Waals surface area contributed by atoms with E-state index in [1.807, 2.05) is 0 Å². The van der Waals surface area contributed by atoms with Gasteiger partial charge in [-0.05, 0) is 11.6 Å². The van der Waals surface area contributed by atoms with E-state index in [1.54, 1.807) is 30.3 Å². The Morgan fingerprint density at radius 1 is 1.20 bits per heavy atom. The van der Waals surface area contributed by atoms with Gasteiger partial charge in [0.05, 0.1) is 9.95 Å². The molecule has 5 nitrogen and oxygen atoms in total. The molecule has 2 aromatic carbocycles. The number of rotatable bonds is 4. The number of nitro groups is 1. The Bertz CT molecular complexity index is 657. The number of aliphatic hydroxyl groups excluding tert-OH is 1. The number of aliphatic hydroxyl groups is 1. The molecule has 6 heteroatoms. The van der Waals surface area contributed by atoms with Gasteiger partial charge >= 0.3 is 0 Å². The maximum absolute atomic E-state index is 12.2. The maximum Gasteiger partial charge on any atom is 0.270 e. The lowest BCUT2D eigenvalue weighted by Crippen LogP contribution is -2.13. The smallest absolute Gasteiger partial charge is 0.270 e. The van der Waals surface area contributed by atoms with Crippen molar-refractivity contribution in [1.29, 1.82) is 0 Å². The van der Waals surface area contributed by atoms with Gasteiger partial charge in [0.2, 0.25) is 0 Å². The zero-order valence-corrected chi connectivity index (χ0v) is 10.9. The molecule has 0 bridgehead atoms. The lowest BCUT2D eigenvalue weighted by molar-refractivity contribution is -0.384. The summed E-state index contributed by atoms with van der Waals surface area (Å²) in [5.41, 5.74) is 0.0790. The predicted octanol–water partition coefficient (Wildman–Crippen LogP) is 3.16. The minimum absolute atomic E-state index is 0.0654. The Kier molecular flexibility index (Phi) is 4.12. The third-order valence-corrected chi connectivity index (χ3v) is 3.12. The summed E-state index contributed by atoms with van der Waals surface area (Å²) in [5.74, 6) is -0.676. The van der Waals surface area contributed by atoms with Gasteiger partial charge < -0.3 is 5.11 Å². The first-order valence-corrected chi connectivity index (χ1v) is 6.09. The van der Waals surface area contributed by atoms with E-state index in [-0.39, 0.29) is 16.3 Å². The summed E-state index contributed by atoms with van der Waals surface area (Å²) in [4.78, 5) is 22.3. The maximum atomic E-state index is 12.2. The van der Waals surface area contributed by atoms with Gasteiger partial charge in [-0.2, -0.15) is 0 Å². The van der Waals surface area contributed by atoms with Gasteiger partial charge in [0.15, 0.2) is 5.78 Å². The number of carbonyl (C=O) groups excluding carboxylic acids is 1. The molecule has 0 aliphatic heterocycles. The van der Waals surface area contributed by atoms with Gasteiger partial charge in [-0.15, -0.1) is 0 Å². The first-order chi connectivity index (χ1) is 9.50. The number of hydrogen-bond donors (Lipinski definition) is 1. The van der Waals surface area contributed by atoms with Crippen LogP contribution in [0.5, 0.6) is 0 Å². The third-order valence-electron chi connectivity index (χ3n) is 2.79. The van der Waals surface area contributed by atoms with Gasteiger partial charge in [0.25, 0.3) is 5.69 Å². The van der Waals surface area contributed by atoms with E-state index >= 15 is 0 Å². The number of hydrogen-bond acceptors (Lipinski definition) is 4. The van der Waals surface area contributed by atoms with Crippen molar-refractivity contribution in [1.82, 2.24) is 0 Å². The van der Waals surface area contributed by atoms with E-state index in [2.05, 4.69) is 0 Å². The SMILES string of the molecule is O=C(c1cc([N+](=O)[O-])ccc1Cl)C(O)c1ccccc1. The Labute approximate surface area is 119 Å². The minimum atomic E-state index is -1.41. The van der Waals surface area contributed by atoms with E-state index in [1.165, 1.54) is 12.1 Å². The minimum Gasteiger partial charge on any atom is -0.380 e. The molecule has 0 heterocycles. The van der Waals surface area contributed by atoms with Crippen LogP contribution in [0.2, 0.25) is 5.02 Å². The second-order valence-electron chi connectivity index (χ2n) is 4.10. The second-order valence-corrected chi connectivity index (χ2v) is 4.51. The highest BCUT2D eigenvalue weighted by Crippen LogP contribution is 2.27. The van der Waals surface area contributed by atoms with Crippen LogP contribution in [0.3, 0.4) is 0 Å². The molecule has 2 rings (SSSR count). The fourth-order valence-corrected chi connectivity index (χ4v) is 1.96. The monoisotopic (exact) mass is 291 g/mol. The van der Waals surface area contributed by atoms with Gasteiger partial charge in [0.1, 0.15) is 6.10 Å². The highest BCUT2D eigenvalue weighted by Gasteiger charge is 2.23. The van der Waals surface area contributed by atoms with Crippen LogP contribution in [-0.2, 0) is 0 Å². The molecule has 0 saturated heterocycles. The number of nitro benzene ring substituents is 1. The highest BCUT2D eigenvalue weighted by atomic mass is 35.5. The van der Waals surface area contributed by atoms with Crippen LogP contribution in [0.25, 0.3) is 0 Å². The summed E-state index contributed by atoms with van der Waals surface area (Å²) in [5, 5.41) is 20.8. The van der Waals surface area contributed by atoms with Crippen LogP contribution in [0.1, 0.15) is 22.0 Å². The molecule has 1 unspecified atom stereocenters. The van der Waals surface area contributed by atoms with E-state index in [4.69, 9.17) is 11.6 Å². The molecule has 0 spiro atoms. The molecular weight excluding hydrogens is 282 g/mol. The molecule has 0 amide bonds. The number of nitrogens with zero attached hydrogens (tertiary/aromatic N) is 1. The standard InChI is InChI=1S/C14H10ClNO4/c15-12-7-6-10(16(19)20)8-11(12)14(18)13(17)9-4-2-1-3-5-9/h1-8,13,17H. The predicted molar refractivity (Wildman–Crippen MR) is 73.8 cm³/mol. The van der Waals surface area contributed by atoms with Crippen LogP contribution in [0, 0.1) is 10.1 Å². The van der Waals surface area contributed by atoms with E-state index in [9.17, 15) is 20.0 Å². The second kappa shape index (κ2) is 5.81. The van der Waals surface area contributed by atoms with Crippen LogP contribution in [0.15, 0.2) is 48.5 Å². The van der Waals surface area contributed by atoms with Crippen molar-refractivity contribution in [2.24, 2.45) is 0 Å². The highest BCUT2D eigenvalue weighted by molar-refractivity contribution is 6.34. The molecule has 0 radical (unpaired) electrons. The molecule has 102 valence electrons. The van der Waals surface area contributed by atoms with Crippen molar-refractivity contribution < 1.29 is 14.8 Å². The molecule has 0 fully saturated rings. The molecule has 0 saturated carbocycles. The normalized spacial score (nSPS) is 11.9. The van der Waals surface area contributed by atoms with Crippen molar-refractivity contribution in [3.63, 3.8) is 0 Å². The number of halogens is 1. The molecule has 20 heavy (non-hydrogen) atoms. The quantitative estimate of drug-likeness (QED) is 0.533. The first-order valence-electron chi connectivity index (χ1n) is 5.72. The molecule has 0 aliphatic carbocycles. The van der Waals surface area contributed by atoms with Crippen molar-refractivity contribution in [3.05, 3.63) is 74.8 Å². The van der Waals surface area contributed by atoms with E-state index in [0.717, 1.165) is 6.07 Å². The number of Topliss-reactive ketones (excluding diaryl/α,β-unsaturated/α-hetero) is 1. The largest absolute Gasteiger partial charge is 0.380 e. The van der Waals surface area contributed by atoms with Crippen molar-refractivity contribution in [2.75, 3.05) is 0 Å². The van der Waals surface area contributed by atoms with Crippen molar-refractivity contribution in [2.45, 2.75) is 6.10 Å².